The highest BCUT2D eigenvalue weighted by atomic mass is 16.8. The van der Waals surface area contributed by atoms with Crippen molar-refractivity contribution in [3.05, 3.63) is 0 Å². The molecule has 0 unspecified atom stereocenters. The van der Waals surface area contributed by atoms with Gasteiger partial charge in [0.05, 0.1) is 0 Å². The molecule has 0 saturated heterocycles. The van der Waals surface area contributed by atoms with Crippen LogP contribution in [0.25, 0.3) is 0 Å². The molecule has 0 aromatic carbocycles. The first-order chi connectivity index (χ1) is 2.77. The van der Waals surface area contributed by atoms with Crippen molar-refractivity contribution in [3.63, 3.8) is 0 Å². The molecular weight excluding hydrogens is 86.0 g/mol. The number of hydroxylamine groups is 1. The van der Waals surface area contributed by atoms with E-state index in [2.05, 4.69) is 4.84 Å². The number of hydrogen-bond donors (Lipinski definition) is 2. The summed E-state index contributed by atoms with van der Waals surface area (Å²) < 4.78 is 0. The van der Waals surface area contributed by atoms with Crippen LogP contribution < -0.4 is 5.48 Å². The van der Waals surface area contributed by atoms with Gasteiger partial charge < -0.3 is 9.94 Å². The van der Waals surface area contributed by atoms with Gasteiger partial charge in [0, 0.05) is 7.05 Å². The van der Waals surface area contributed by atoms with Gasteiger partial charge in [0.2, 0.25) is 0 Å². The molecule has 0 aliphatic heterocycles. The van der Waals surface area contributed by atoms with E-state index < -0.39 is 6.16 Å². The van der Waals surface area contributed by atoms with Crippen molar-refractivity contribution in [2.24, 2.45) is 0 Å². The Labute approximate surface area is 34.7 Å². The van der Waals surface area contributed by atoms with Crippen molar-refractivity contribution >= 4 is 6.16 Å². The van der Waals surface area contributed by atoms with E-state index in [-0.39, 0.29) is 0 Å². The van der Waals surface area contributed by atoms with E-state index >= 15 is 0 Å². The van der Waals surface area contributed by atoms with E-state index in [0.29, 0.717) is 0 Å². The van der Waals surface area contributed by atoms with Gasteiger partial charge in [0.25, 0.3) is 0 Å². The van der Waals surface area contributed by atoms with Gasteiger partial charge in [0.1, 0.15) is 0 Å². The molecule has 0 aliphatic carbocycles. The third-order valence-corrected chi connectivity index (χ3v) is 0.189. The zero-order valence-corrected chi connectivity index (χ0v) is 3.26. The van der Waals surface area contributed by atoms with Gasteiger partial charge in [0.15, 0.2) is 0 Å². The van der Waals surface area contributed by atoms with Crippen molar-refractivity contribution in [2.45, 2.75) is 0 Å². The minimum atomic E-state index is -1.32. The SMILES string of the molecule is CNOC(=O)O. The van der Waals surface area contributed by atoms with Crippen molar-refractivity contribution in [2.75, 3.05) is 7.05 Å². The van der Waals surface area contributed by atoms with E-state index in [1.54, 1.807) is 0 Å². The Balaban J connectivity index is 2.83. The van der Waals surface area contributed by atoms with Gasteiger partial charge >= 0.3 is 6.16 Å². The lowest BCUT2D eigenvalue weighted by molar-refractivity contribution is 0.0541. The highest BCUT2D eigenvalue weighted by Crippen LogP contribution is 1.61. The fourth-order valence-corrected chi connectivity index (χ4v) is 0.0873. The average Bonchev–Trinajstić information content (AvgIpc) is 1.35. The molecule has 6 heavy (non-hydrogen) atoms. The van der Waals surface area contributed by atoms with Crippen molar-refractivity contribution < 1.29 is 14.7 Å². The fourth-order valence-electron chi connectivity index (χ4n) is 0.0873. The summed E-state index contributed by atoms with van der Waals surface area (Å²) in [6.07, 6.45) is -1.32. The summed E-state index contributed by atoms with van der Waals surface area (Å²) in [6.45, 7) is 0. The molecule has 2 N–H and O–H groups in total. The first kappa shape index (κ1) is 5.23. The summed E-state index contributed by atoms with van der Waals surface area (Å²) in [5.41, 5.74) is 1.97. The van der Waals surface area contributed by atoms with Crippen LogP contribution in [0, 0.1) is 0 Å². The van der Waals surface area contributed by atoms with Crippen LogP contribution in [-0.4, -0.2) is 18.3 Å². The summed E-state index contributed by atoms with van der Waals surface area (Å²) in [7, 11) is 1.37. The smallest absolute Gasteiger partial charge is 0.448 e. The molecule has 0 rings (SSSR count). The Morgan fingerprint density at radius 2 is 2.50 bits per heavy atom. The minimum absolute atomic E-state index is 1.32. The number of nitrogens with one attached hydrogen (secondary N) is 1. The highest BCUT2D eigenvalue weighted by molar-refractivity contribution is 5.56. The quantitative estimate of drug-likeness (QED) is 0.439. The Morgan fingerprint density at radius 1 is 2.00 bits per heavy atom. The molecule has 0 amide bonds. The topological polar surface area (TPSA) is 58.6 Å². The predicted octanol–water partition coefficient (Wildman–Crippen LogP) is -0.185. The molecule has 0 saturated carbocycles. The zero-order chi connectivity index (χ0) is 4.99. The molecule has 0 heterocycles. The van der Waals surface area contributed by atoms with Crippen LogP contribution in [0.15, 0.2) is 0 Å². The third-order valence-electron chi connectivity index (χ3n) is 0.189. The predicted molar refractivity (Wildman–Crippen MR) is 18.2 cm³/mol. The second kappa shape index (κ2) is 2.47. The normalized spacial score (nSPS) is 7.50. The highest BCUT2D eigenvalue weighted by Gasteiger charge is 1.86. The van der Waals surface area contributed by atoms with Crippen LogP contribution in [0.1, 0.15) is 0 Å². The molecule has 4 nitrogen and oxygen atoms in total. The number of rotatable bonds is 1. The van der Waals surface area contributed by atoms with Gasteiger partial charge in [-0.25, -0.2) is 4.79 Å². The summed E-state index contributed by atoms with van der Waals surface area (Å²) in [5.74, 6) is 0. The molecule has 0 spiro atoms. The van der Waals surface area contributed by atoms with Crippen LogP contribution in [0.5, 0.6) is 0 Å². The van der Waals surface area contributed by atoms with Gasteiger partial charge in [-0.3, -0.25) is 0 Å². The Morgan fingerprint density at radius 3 is 2.50 bits per heavy atom. The standard InChI is InChI=1S/C2H5NO3/c1-3-6-2(4)5/h3H,1H3,(H,4,5). The maximum atomic E-state index is 9.31. The fraction of sp³-hybridized carbons (Fsp3) is 0.500. The van der Waals surface area contributed by atoms with E-state index in [9.17, 15) is 4.79 Å². The van der Waals surface area contributed by atoms with E-state index in [0.717, 1.165) is 0 Å². The summed E-state index contributed by atoms with van der Waals surface area (Å²) >= 11 is 0. The lowest BCUT2D eigenvalue weighted by Gasteiger charge is -1.88. The molecule has 0 atom stereocenters. The average molecular weight is 91.1 g/mol. The maximum absolute atomic E-state index is 9.31. The zero-order valence-electron chi connectivity index (χ0n) is 3.26. The number of carbonyl (C=O) groups is 1. The molecule has 0 bridgehead atoms. The minimum Gasteiger partial charge on any atom is -0.448 e. The van der Waals surface area contributed by atoms with Crippen molar-refractivity contribution in [3.8, 4) is 0 Å². The summed E-state index contributed by atoms with van der Waals surface area (Å²) in [6, 6.07) is 0. The first-order valence-electron chi connectivity index (χ1n) is 1.34. The van der Waals surface area contributed by atoms with E-state index in [1.807, 2.05) is 5.48 Å². The third kappa shape index (κ3) is 3.23. The largest absolute Gasteiger partial charge is 0.525 e. The van der Waals surface area contributed by atoms with Gasteiger partial charge in [-0.15, -0.1) is 0 Å². The molecule has 4 heteroatoms. The molecule has 36 valence electrons. The molecule has 0 fully saturated rings. The lowest BCUT2D eigenvalue weighted by atomic mass is 11.4. The molecule has 0 aromatic heterocycles. The number of hydrogen-bond acceptors (Lipinski definition) is 3. The Kier molecular flexibility index (Phi) is 2.15. The second-order valence-corrected chi connectivity index (χ2v) is 0.572. The summed E-state index contributed by atoms with van der Waals surface area (Å²) in [4.78, 5) is 13.0. The Bertz CT molecular complexity index is 52.8. The molecular formula is C2H5NO3. The monoisotopic (exact) mass is 91.0 g/mol. The molecule has 0 aromatic rings. The molecule has 0 aliphatic rings. The van der Waals surface area contributed by atoms with Crippen LogP contribution in [-0.2, 0) is 4.84 Å². The second-order valence-electron chi connectivity index (χ2n) is 0.572. The van der Waals surface area contributed by atoms with Gasteiger partial charge in [-0.2, -0.15) is 5.48 Å². The van der Waals surface area contributed by atoms with E-state index in [1.165, 1.54) is 7.05 Å². The van der Waals surface area contributed by atoms with Gasteiger partial charge in [-0.1, -0.05) is 0 Å². The van der Waals surface area contributed by atoms with Crippen molar-refractivity contribution in [1.82, 2.24) is 5.48 Å². The Hall–Kier alpha value is -0.770. The van der Waals surface area contributed by atoms with E-state index in [4.69, 9.17) is 5.11 Å². The van der Waals surface area contributed by atoms with Gasteiger partial charge in [-0.05, 0) is 0 Å². The summed E-state index contributed by atoms with van der Waals surface area (Å²) in [5, 5.41) is 7.63. The first-order valence-corrected chi connectivity index (χ1v) is 1.34. The van der Waals surface area contributed by atoms with Crippen LogP contribution >= 0.6 is 0 Å². The lowest BCUT2D eigenvalue weighted by Crippen LogP contribution is -2.11. The van der Waals surface area contributed by atoms with Crippen molar-refractivity contribution in [1.29, 1.82) is 0 Å². The number of carboxylic acid groups (broad SMARTS) is 1. The van der Waals surface area contributed by atoms with Crippen LogP contribution in [0.2, 0.25) is 0 Å². The molecule has 0 radical (unpaired) electrons. The maximum Gasteiger partial charge on any atom is 0.525 e. The van der Waals surface area contributed by atoms with Crippen LogP contribution in [0.4, 0.5) is 4.79 Å². The van der Waals surface area contributed by atoms with Crippen LogP contribution in [0.3, 0.4) is 0 Å².